The summed E-state index contributed by atoms with van der Waals surface area (Å²) in [6.45, 7) is 2.09. The number of pyridine rings is 1. The molecule has 0 atom stereocenters. The second-order valence-corrected chi connectivity index (χ2v) is 6.55. The van der Waals surface area contributed by atoms with Crippen LogP contribution in [0, 0.1) is 12.7 Å². The Kier molecular flexibility index (Phi) is 6.37. The lowest BCUT2D eigenvalue weighted by Crippen LogP contribution is -2.24. The number of halogens is 1. The van der Waals surface area contributed by atoms with E-state index in [1.165, 1.54) is 36.0 Å². The molecule has 0 saturated carbocycles. The van der Waals surface area contributed by atoms with E-state index in [4.69, 9.17) is 9.26 Å². The molecule has 0 saturated heterocycles. The maximum Gasteiger partial charge on any atom is 0.230 e. The van der Waals surface area contributed by atoms with Crippen molar-refractivity contribution >= 4 is 17.7 Å². The Labute approximate surface area is 159 Å². The molecule has 1 N–H and O–H groups in total. The van der Waals surface area contributed by atoms with Crippen LogP contribution < -0.4 is 10.1 Å². The molecular weight excluding hydrogens is 371 g/mol. The van der Waals surface area contributed by atoms with Crippen LogP contribution >= 0.6 is 11.8 Å². The minimum Gasteiger partial charge on any atom is -0.439 e. The monoisotopic (exact) mass is 388 g/mol. The molecule has 0 spiro atoms. The summed E-state index contributed by atoms with van der Waals surface area (Å²) in [5.41, 5.74) is 0.841. The van der Waals surface area contributed by atoms with Crippen LogP contribution in [-0.2, 0) is 17.1 Å². The molecule has 0 fully saturated rings. The number of hydrogen-bond donors (Lipinski definition) is 1. The number of benzene rings is 1. The zero-order valence-corrected chi connectivity index (χ0v) is 15.3. The van der Waals surface area contributed by atoms with Crippen LogP contribution in [0.4, 0.5) is 4.39 Å². The van der Waals surface area contributed by atoms with E-state index in [9.17, 15) is 9.18 Å². The highest BCUT2D eigenvalue weighted by Crippen LogP contribution is 2.19. The molecule has 2 aromatic heterocycles. The lowest BCUT2D eigenvalue weighted by molar-refractivity contribution is -0.118. The van der Waals surface area contributed by atoms with Gasteiger partial charge in [0.15, 0.2) is 5.82 Å². The van der Waals surface area contributed by atoms with E-state index in [1.807, 2.05) is 0 Å². The summed E-state index contributed by atoms with van der Waals surface area (Å²) in [5, 5.41) is 6.59. The van der Waals surface area contributed by atoms with Gasteiger partial charge in [-0.3, -0.25) is 4.79 Å². The van der Waals surface area contributed by atoms with E-state index >= 15 is 0 Å². The lowest BCUT2D eigenvalue weighted by atomic mass is 10.3. The standard InChI is InChI=1S/C18H17FN4O3S/c1-12-22-16(23-26-12)10-27-11-17(24)20-8-13-2-7-18(21-9-13)25-15-5-3-14(19)4-6-15/h2-7,9H,8,10-11H2,1H3,(H,20,24). The Morgan fingerprint density at radius 3 is 2.74 bits per heavy atom. The second kappa shape index (κ2) is 9.13. The van der Waals surface area contributed by atoms with Crippen molar-refractivity contribution in [2.75, 3.05) is 5.75 Å². The van der Waals surface area contributed by atoms with Crippen LogP contribution in [0.5, 0.6) is 11.6 Å². The largest absolute Gasteiger partial charge is 0.439 e. The molecule has 0 aliphatic rings. The Balaban J connectivity index is 1.40. The van der Waals surface area contributed by atoms with Gasteiger partial charge in [-0.2, -0.15) is 4.98 Å². The van der Waals surface area contributed by atoms with Crippen LogP contribution in [0.3, 0.4) is 0 Å². The van der Waals surface area contributed by atoms with E-state index in [-0.39, 0.29) is 11.7 Å². The van der Waals surface area contributed by atoms with Gasteiger partial charge in [-0.1, -0.05) is 11.2 Å². The number of rotatable bonds is 8. The van der Waals surface area contributed by atoms with Crippen molar-refractivity contribution in [1.82, 2.24) is 20.4 Å². The number of thioether (sulfide) groups is 1. The second-order valence-electron chi connectivity index (χ2n) is 5.56. The number of ether oxygens (including phenoxy) is 1. The Hall–Kier alpha value is -2.94. The summed E-state index contributed by atoms with van der Waals surface area (Å²) < 4.78 is 23.3. The normalized spacial score (nSPS) is 10.6. The predicted molar refractivity (Wildman–Crippen MR) is 97.8 cm³/mol. The third-order valence-electron chi connectivity index (χ3n) is 3.36. The van der Waals surface area contributed by atoms with Gasteiger partial charge in [0.25, 0.3) is 0 Å². The SMILES string of the molecule is Cc1nc(CSCC(=O)NCc2ccc(Oc3ccc(F)cc3)nc2)no1. The van der Waals surface area contributed by atoms with E-state index in [0.717, 1.165) is 5.56 Å². The smallest absolute Gasteiger partial charge is 0.230 e. The van der Waals surface area contributed by atoms with Crippen molar-refractivity contribution in [2.24, 2.45) is 0 Å². The van der Waals surface area contributed by atoms with E-state index < -0.39 is 0 Å². The topological polar surface area (TPSA) is 90.1 Å². The fourth-order valence-electron chi connectivity index (χ4n) is 2.09. The van der Waals surface area contributed by atoms with Gasteiger partial charge in [0.2, 0.25) is 17.7 Å². The highest BCUT2D eigenvalue weighted by atomic mass is 32.2. The Morgan fingerprint density at radius 2 is 2.07 bits per heavy atom. The number of carbonyl (C=O) groups is 1. The van der Waals surface area contributed by atoms with Crippen molar-refractivity contribution in [2.45, 2.75) is 19.2 Å². The molecule has 3 aromatic rings. The highest BCUT2D eigenvalue weighted by molar-refractivity contribution is 7.99. The lowest BCUT2D eigenvalue weighted by Gasteiger charge is -2.07. The van der Waals surface area contributed by atoms with Gasteiger partial charge in [0.1, 0.15) is 11.6 Å². The fraction of sp³-hybridized carbons (Fsp3) is 0.222. The molecule has 9 heteroatoms. The van der Waals surface area contributed by atoms with E-state index in [0.29, 0.717) is 41.4 Å². The third kappa shape index (κ3) is 6.07. The van der Waals surface area contributed by atoms with Crippen molar-refractivity contribution in [3.8, 4) is 11.6 Å². The molecule has 2 heterocycles. The first kappa shape index (κ1) is 18.8. The van der Waals surface area contributed by atoms with E-state index in [2.05, 4.69) is 20.4 Å². The van der Waals surface area contributed by atoms with Gasteiger partial charge >= 0.3 is 0 Å². The minimum absolute atomic E-state index is 0.0909. The average molecular weight is 388 g/mol. The highest BCUT2D eigenvalue weighted by Gasteiger charge is 2.06. The van der Waals surface area contributed by atoms with Gasteiger partial charge in [-0.05, 0) is 29.8 Å². The number of aromatic nitrogens is 3. The van der Waals surface area contributed by atoms with E-state index in [1.54, 1.807) is 25.3 Å². The molecule has 0 bridgehead atoms. The van der Waals surface area contributed by atoms with Gasteiger partial charge in [0, 0.05) is 25.7 Å². The number of nitrogens with zero attached hydrogens (tertiary/aromatic N) is 3. The maximum absolute atomic E-state index is 12.9. The fourth-order valence-corrected chi connectivity index (χ4v) is 2.78. The van der Waals surface area contributed by atoms with Crippen LogP contribution in [0.25, 0.3) is 0 Å². The third-order valence-corrected chi connectivity index (χ3v) is 4.29. The molecule has 0 aliphatic heterocycles. The maximum atomic E-state index is 12.9. The number of carbonyl (C=O) groups excluding carboxylic acids is 1. The van der Waals surface area contributed by atoms with Gasteiger partial charge in [0.05, 0.1) is 11.5 Å². The molecule has 1 aromatic carbocycles. The summed E-state index contributed by atoms with van der Waals surface area (Å²) in [5.74, 6) is 2.37. The summed E-state index contributed by atoms with van der Waals surface area (Å²) in [7, 11) is 0. The molecule has 3 rings (SSSR count). The first-order chi connectivity index (χ1) is 13.1. The van der Waals surface area contributed by atoms with Crippen LogP contribution in [-0.4, -0.2) is 26.8 Å². The molecule has 0 radical (unpaired) electrons. The van der Waals surface area contributed by atoms with Crippen molar-refractivity contribution in [3.63, 3.8) is 0 Å². The van der Waals surface area contributed by atoms with Gasteiger partial charge in [-0.25, -0.2) is 9.37 Å². The Bertz CT molecular complexity index is 884. The molecule has 27 heavy (non-hydrogen) atoms. The summed E-state index contributed by atoms with van der Waals surface area (Å²) >= 11 is 1.41. The summed E-state index contributed by atoms with van der Waals surface area (Å²) in [6, 6.07) is 9.19. The molecular formula is C18H17FN4O3S. The number of aryl methyl sites for hydroxylation is 1. The first-order valence-electron chi connectivity index (χ1n) is 8.10. The van der Waals surface area contributed by atoms with Crippen LogP contribution in [0.1, 0.15) is 17.3 Å². The number of nitrogens with one attached hydrogen (secondary N) is 1. The van der Waals surface area contributed by atoms with Gasteiger partial charge < -0.3 is 14.6 Å². The molecule has 0 aliphatic carbocycles. The molecule has 1 amide bonds. The van der Waals surface area contributed by atoms with Crippen molar-refractivity contribution in [3.05, 3.63) is 65.7 Å². The Morgan fingerprint density at radius 1 is 1.26 bits per heavy atom. The van der Waals surface area contributed by atoms with Crippen molar-refractivity contribution in [1.29, 1.82) is 0 Å². The molecule has 140 valence electrons. The minimum atomic E-state index is -0.327. The summed E-state index contributed by atoms with van der Waals surface area (Å²) in [6.07, 6.45) is 1.62. The predicted octanol–water partition coefficient (Wildman–Crippen LogP) is 3.25. The average Bonchev–Trinajstić information content (AvgIpc) is 3.08. The quantitative estimate of drug-likeness (QED) is 0.633. The first-order valence-corrected chi connectivity index (χ1v) is 9.26. The molecule has 0 unspecified atom stereocenters. The number of hydrogen-bond acceptors (Lipinski definition) is 7. The van der Waals surface area contributed by atoms with Gasteiger partial charge in [-0.15, -0.1) is 11.8 Å². The van der Waals surface area contributed by atoms with Crippen LogP contribution in [0.2, 0.25) is 0 Å². The zero-order chi connectivity index (χ0) is 19.1. The van der Waals surface area contributed by atoms with Crippen LogP contribution in [0.15, 0.2) is 47.1 Å². The number of amides is 1. The summed E-state index contributed by atoms with van der Waals surface area (Å²) in [4.78, 5) is 20.1. The molecule has 7 nitrogen and oxygen atoms in total. The zero-order valence-electron chi connectivity index (χ0n) is 14.5. The van der Waals surface area contributed by atoms with Crippen molar-refractivity contribution < 1.29 is 18.4 Å².